The van der Waals surface area contributed by atoms with Crippen LogP contribution >= 0.6 is 11.6 Å². The van der Waals surface area contributed by atoms with Crippen LogP contribution in [0.5, 0.6) is 5.75 Å². The van der Waals surface area contributed by atoms with Crippen molar-refractivity contribution in [3.05, 3.63) is 64.7 Å². The fourth-order valence-electron chi connectivity index (χ4n) is 1.76. The van der Waals surface area contributed by atoms with Crippen molar-refractivity contribution < 1.29 is 23.1 Å². The van der Waals surface area contributed by atoms with E-state index in [1.54, 1.807) is 0 Å². The Labute approximate surface area is 141 Å². The Balaban J connectivity index is 1.77. The Morgan fingerprint density at radius 2 is 1.67 bits per heavy atom. The average molecular weight is 355 g/mol. The van der Waals surface area contributed by atoms with Crippen LogP contribution in [0.15, 0.2) is 42.5 Å². The molecule has 0 aromatic heterocycles. The second-order valence-corrected chi connectivity index (χ2v) is 5.12. The van der Waals surface area contributed by atoms with E-state index in [4.69, 9.17) is 16.3 Å². The van der Waals surface area contributed by atoms with Crippen LogP contribution in [0.4, 0.5) is 8.78 Å². The van der Waals surface area contributed by atoms with E-state index in [1.807, 2.05) is 0 Å². The normalized spacial score (nSPS) is 10.1. The van der Waals surface area contributed by atoms with E-state index in [0.29, 0.717) is 5.75 Å². The quantitative estimate of drug-likeness (QED) is 0.810. The first-order valence-electron chi connectivity index (χ1n) is 6.84. The minimum Gasteiger partial charge on any atom is -0.484 e. The van der Waals surface area contributed by atoms with Crippen molar-refractivity contribution >= 4 is 23.4 Å². The lowest BCUT2D eigenvalue weighted by molar-refractivity contribution is -0.129. The van der Waals surface area contributed by atoms with Crippen LogP contribution in [0, 0.1) is 11.6 Å². The molecule has 0 heterocycles. The summed E-state index contributed by atoms with van der Waals surface area (Å²) in [6, 6.07) is 9.17. The van der Waals surface area contributed by atoms with Crippen molar-refractivity contribution in [2.24, 2.45) is 0 Å². The molecule has 0 atom stereocenters. The monoisotopic (exact) mass is 354 g/mol. The van der Waals surface area contributed by atoms with Crippen LogP contribution < -0.4 is 15.6 Å². The molecule has 2 aromatic rings. The number of ether oxygens (including phenoxy) is 1. The molecule has 0 unspecified atom stereocenters. The lowest BCUT2D eigenvalue weighted by Crippen LogP contribution is -2.44. The zero-order chi connectivity index (χ0) is 17.5. The molecule has 0 saturated heterocycles. The summed E-state index contributed by atoms with van der Waals surface area (Å²) < 4.78 is 31.4. The fraction of sp³-hybridized carbons (Fsp3) is 0.125. The fourth-order valence-corrected chi connectivity index (χ4v) is 1.99. The zero-order valence-corrected chi connectivity index (χ0v) is 13.1. The molecule has 0 aliphatic heterocycles. The summed E-state index contributed by atoms with van der Waals surface area (Å²) in [5.74, 6) is -2.00. The van der Waals surface area contributed by atoms with E-state index in [1.165, 1.54) is 42.5 Å². The standard InChI is InChI=1S/C16H13ClF2N2O3/c17-13-2-1-3-14(19)12(13)8-15(22)20-21-16(23)9-24-11-6-4-10(18)5-7-11/h1-7H,8-9H2,(H,20,22)(H,21,23). The van der Waals surface area contributed by atoms with Gasteiger partial charge in [0.2, 0.25) is 5.91 Å². The van der Waals surface area contributed by atoms with Crippen molar-refractivity contribution in [2.75, 3.05) is 6.61 Å². The van der Waals surface area contributed by atoms with Gasteiger partial charge in [-0.25, -0.2) is 8.78 Å². The van der Waals surface area contributed by atoms with Gasteiger partial charge in [-0.1, -0.05) is 17.7 Å². The first kappa shape index (κ1) is 17.7. The number of hydrogen-bond donors (Lipinski definition) is 2. The van der Waals surface area contributed by atoms with E-state index in [0.717, 1.165) is 0 Å². The first-order valence-corrected chi connectivity index (χ1v) is 7.22. The summed E-state index contributed by atoms with van der Waals surface area (Å²) in [5, 5.41) is 0.121. The first-order chi connectivity index (χ1) is 11.5. The SMILES string of the molecule is O=C(COc1ccc(F)cc1)NNC(=O)Cc1c(F)cccc1Cl. The molecule has 0 aliphatic rings. The second kappa shape index (κ2) is 8.26. The second-order valence-electron chi connectivity index (χ2n) is 4.72. The number of carbonyl (C=O) groups is 2. The molecule has 5 nitrogen and oxygen atoms in total. The maximum Gasteiger partial charge on any atom is 0.276 e. The lowest BCUT2D eigenvalue weighted by atomic mass is 10.1. The highest BCUT2D eigenvalue weighted by Gasteiger charge is 2.12. The molecular formula is C16H13ClF2N2O3. The van der Waals surface area contributed by atoms with Crippen LogP contribution in [0.3, 0.4) is 0 Å². The smallest absolute Gasteiger partial charge is 0.276 e. The van der Waals surface area contributed by atoms with Crippen molar-refractivity contribution in [2.45, 2.75) is 6.42 Å². The Bertz CT molecular complexity index is 718. The number of halogens is 3. The maximum atomic E-state index is 13.5. The molecule has 0 bridgehead atoms. The number of hydrogen-bond acceptors (Lipinski definition) is 3. The topological polar surface area (TPSA) is 67.4 Å². The van der Waals surface area contributed by atoms with E-state index in [9.17, 15) is 18.4 Å². The molecule has 2 amide bonds. The molecule has 0 spiro atoms. The van der Waals surface area contributed by atoms with Gasteiger partial charge in [-0.2, -0.15) is 0 Å². The highest BCUT2D eigenvalue weighted by molar-refractivity contribution is 6.31. The van der Waals surface area contributed by atoms with Crippen molar-refractivity contribution in [3.63, 3.8) is 0 Å². The molecular weight excluding hydrogens is 342 g/mol. The summed E-state index contributed by atoms with van der Waals surface area (Å²) in [6.45, 7) is -0.383. The lowest BCUT2D eigenvalue weighted by Gasteiger charge is -2.10. The predicted molar refractivity (Wildman–Crippen MR) is 83.3 cm³/mol. The molecule has 8 heteroatoms. The van der Waals surface area contributed by atoms with Crippen LogP contribution in [-0.2, 0) is 16.0 Å². The number of carbonyl (C=O) groups excluding carboxylic acids is 2. The molecule has 0 fully saturated rings. The van der Waals surface area contributed by atoms with Crippen LogP contribution in [0.1, 0.15) is 5.56 Å². The Hall–Kier alpha value is -2.67. The third-order valence-corrected chi connectivity index (χ3v) is 3.28. The van der Waals surface area contributed by atoms with Gasteiger partial charge in [0, 0.05) is 10.6 Å². The van der Waals surface area contributed by atoms with Gasteiger partial charge in [0.15, 0.2) is 6.61 Å². The van der Waals surface area contributed by atoms with Gasteiger partial charge in [0.25, 0.3) is 5.91 Å². The molecule has 126 valence electrons. The van der Waals surface area contributed by atoms with E-state index in [-0.39, 0.29) is 23.6 Å². The van der Waals surface area contributed by atoms with Crippen molar-refractivity contribution in [1.29, 1.82) is 0 Å². The number of nitrogens with one attached hydrogen (secondary N) is 2. The van der Waals surface area contributed by atoms with Gasteiger partial charge in [0.05, 0.1) is 6.42 Å². The molecule has 2 rings (SSSR count). The van der Waals surface area contributed by atoms with Crippen LogP contribution in [-0.4, -0.2) is 18.4 Å². The third kappa shape index (κ3) is 5.20. The molecule has 2 N–H and O–H groups in total. The van der Waals surface area contributed by atoms with E-state index >= 15 is 0 Å². The predicted octanol–water partition coefficient (Wildman–Crippen LogP) is 2.39. The van der Waals surface area contributed by atoms with Gasteiger partial charge in [0.1, 0.15) is 17.4 Å². The van der Waals surface area contributed by atoms with Crippen molar-refractivity contribution in [3.8, 4) is 5.75 Å². The summed E-state index contributed by atoms with van der Waals surface area (Å²) in [4.78, 5) is 23.2. The summed E-state index contributed by atoms with van der Waals surface area (Å²) in [7, 11) is 0. The Kier molecular flexibility index (Phi) is 6.08. The molecule has 0 saturated carbocycles. The molecule has 2 aromatic carbocycles. The highest BCUT2D eigenvalue weighted by atomic mass is 35.5. The van der Waals surface area contributed by atoms with Gasteiger partial charge in [-0.3, -0.25) is 20.4 Å². The number of rotatable bonds is 5. The van der Waals surface area contributed by atoms with Crippen LogP contribution in [0.25, 0.3) is 0 Å². The molecule has 0 radical (unpaired) electrons. The highest BCUT2D eigenvalue weighted by Crippen LogP contribution is 2.19. The largest absolute Gasteiger partial charge is 0.484 e. The molecule has 0 aliphatic carbocycles. The van der Waals surface area contributed by atoms with Gasteiger partial charge in [-0.15, -0.1) is 0 Å². The summed E-state index contributed by atoms with van der Waals surface area (Å²) in [6.07, 6.45) is -0.329. The third-order valence-electron chi connectivity index (χ3n) is 2.92. The summed E-state index contributed by atoms with van der Waals surface area (Å²) >= 11 is 5.81. The van der Waals surface area contributed by atoms with Crippen molar-refractivity contribution in [1.82, 2.24) is 10.9 Å². The minimum absolute atomic E-state index is 0.0356. The van der Waals surface area contributed by atoms with E-state index in [2.05, 4.69) is 10.9 Å². The van der Waals surface area contributed by atoms with Gasteiger partial charge in [-0.05, 0) is 36.4 Å². The zero-order valence-electron chi connectivity index (χ0n) is 12.3. The average Bonchev–Trinajstić information content (AvgIpc) is 2.56. The summed E-state index contributed by atoms with van der Waals surface area (Å²) in [5.41, 5.74) is 4.28. The van der Waals surface area contributed by atoms with Crippen LogP contribution in [0.2, 0.25) is 5.02 Å². The maximum absolute atomic E-state index is 13.5. The van der Waals surface area contributed by atoms with Gasteiger partial charge < -0.3 is 4.74 Å². The Morgan fingerprint density at radius 1 is 1.00 bits per heavy atom. The number of benzene rings is 2. The molecule has 24 heavy (non-hydrogen) atoms. The van der Waals surface area contributed by atoms with E-state index < -0.39 is 23.4 Å². The van der Waals surface area contributed by atoms with Gasteiger partial charge >= 0.3 is 0 Å². The number of amides is 2. The number of hydrazine groups is 1. The Morgan fingerprint density at radius 3 is 2.33 bits per heavy atom. The minimum atomic E-state index is -0.642.